The molecule has 2 nitrogen and oxygen atoms in total. The highest BCUT2D eigenvalue weighted by atomic mass is 16.1. The molecule has 0 saturated heterocycles. The molecule has 1 rings (SSSR count). The van der Waals surface area contributed by atoms with Gasteiger partial charge < -0.3 is 5.32 Å². The minimum Gasteiger partial charge on any atom is -0.354 e. The zero-order chi connectivity index (χ0) is 10.6. The van der Waals surface area contributed by atoms with Crippen LogP contribution in [0.2, 0.25) is 0 Å². The van der Waals surface area contributed by atoms with Gasteiger partial charge in [0.2, 0.25) is 5.91 Å². The first-order valence-electron chi connectivity index (χ1n) is 4.84. The maximum Gasteiger partial charge on any atom is 0.224 e. The predicted octanol–water partition coefficient (Wildman–Crippen LogP) is 1.86. The number of amides is 1. The lowest BCUT2D eigenvalue weighted by Crippen LogP contribution is -2.31. The number of carbonyl (C=O) groups excluding carboxylic acids is 1. The van der Waals surface area contributed by atoms with E-state index < -0.39 is 0 Å². The monoisotopic (exact) mass is 190 g/mol. The van der Waals surface area contributed by atoms with Crippen LogP contribution < -0.4 is 5.32 Å². The van der Waals surface area contributed by atoms with Crippen LogP contribution in [0.5, 0.6) is 0 Å². The molecule has 0 heterocycles. The Morgan fingerprint density at radius 2 is 2.29 bits per heavy atom. The van der Waals surface area contributed by atoms with E-state index in [0.717, 1.165) is 11.1 Å². The maximum absolute atomic E-state index is 11.5. The molecule has 0 aliphatic rings. The van der Waals surface area contributed by atoms with E-state index in [1.807, 2.05) is 39.0 Å². The van der Waals surface area contributed by atoms with Gasteiger partial charge in [-0.05, 0) is 38.0 Å². The SMILES string of the molecule is Cc1c[c]ccc1CC(=O)NC(C)C. The zero-order valence-corrected chi connectivity index (χ0v) is 8.92. The molecule has 0 spiro atoms. The molecule has 1 N–H and O–H groups in total. The van der Waals surface area contributed by atoms with Crippen LogP contribution in [-0.4, -0.2) is 11.9 Å². The highest BCUT2D eigenvalue weighted by molar-refractivity contribution is 5.79. The topological polar surface area (TPSA) is 29.1 Å². The van der Waals surface area contributed by atoms with Gasteiger partial charge in [-0.15, -0.1) is 0 Å². The third-order valence-corrected chi connectivity index (χ3v) is 1.99. The van der Waals surface area contributed by atoms with Crippen molar-refractivity contribution < 1.29 is 4.79 Å². The largest absolute Gasteiger partial charge is 0.354 e. The van der Waals surface area contributed by atoms with Crippen molar-refractivity contribution in [2.24, 2.45) is 0 Å². The lowest BCUT2D eigenvalue weighted by Gasteiger charge is -2.09. The molecular weight excluding hydrogens is 174 g/mol. The Balaban J connectivity index is 2.61. The number of hydrogen-bond donors (Lipinski definition) is 1. The van der Waals surface area contributed by atoms with Crippen molar-refractivity contribution in [3.05, 3.63) is 35.4 Å². The van der Waals surface area contributed by atoms with Crippen LogP contribution in [-0.2, 0) is 11.2 Å². The van der Waals surface area contributed by atoms with Gasteiger partial charge >= 0.3 is 0 Å². The van der Waals surface area contributed by atoms with E-state index in [4.69, 9.17) is 0 Å². The quantitative estimate of drug-likeness (QED) is 0.774. The average molecular weight is 190 g/mol. The van der Waals surface area contributed by atoms with E-state index in [-0.39, 0.29) is 11.9 Å². The summed E-state index contributed by atoms with van der Waals surface area (Å²) in [5, 5.41) is 2.87. The molecule has 1 radical (unpaired) electrons. The Morgan fingerprint density at radius 3 is 2.86 bits per heavy atom. The van der Waals surface area contributed by atoms with Crippen molar-refractivity contribution in [2.75, 3.05) is 0 Å². The van der Waals surface area contributed by atoms with Gasteiger partial charge in [-0.2, -0.15) is 0 Å². The molecule has 1 amide bonds. The summed E-state index contributed by atoms with van der Waals surface area (Å²) in [6, 6.07) is 8.87. The van der Waals surface area contributed by atoms with Crippen LogP contribution in [0.4, 0.5) is 0 Å². The van der Waals surface area contributed by atoms with Crippen LogP contribution in [0.15, 0.2) is 18.2 Å². The summed E-state index contributed by atoms with van der Waals surface area (Å²) in [6.07, 6.45) is 0.457. The summed E-state index contributed by atoms with van der Waals surface area (Å²) in [7, 11) is 0. The summed E-state index contributed by atoms with van der Waals surface area (Å²) < 4.78 is 0. The normalized spacial score (nSPS) is 10.3. The van der Waals surface area contributed by atoms with Crippen LogP contribution in [0, 0.1) is 13.0 Å². The molecule has 0 atom stereocenters. The fourth-order valence-electron chi connectivity index (χ4n) is 1.29. The summed E-state index contributed by atoms with van der Waals surface area (Å²) >= 11 is 0. The first-order valence-corrected chi connectivity index (χ1v) is 4.84. The minimum absolute atomic E-state index is 0.0781. The summed E-state index contributed by atoms with van der Waals surface area (Å²) in [5.41, 5.74) is 2.19. The molecule has 0 bridgehead atoms. The number of benzene rings is 1. The van der Waals surface area contributed by atoms with Crippen LogP contribution >= 0.6 is 0 Å². The Hall–Kier alpha value is -1.31. The van der Waals surface area contributed by atoms with Gasteiger partial charge in [-0.1, -0.05) is 18.2 Å². The van der Waals surface area contributed by atoms with E-state index in [0.29, 0.717) is 6.42 Å². The molecule has 0 aromatic heterocycles. The zero-order valence-electron chi connectivity index (χ0n) is 8.92. The van der Waals surface area contributed by atoms with E-state index in [1.165, 1.54) is 0 Å². The van der Waals surface area contributed by atoms with Crippen LogP contribution in [0.1, 0.15) is 25.0 Å². The summed E-state index contributed by atoms with van der Waals surface area (Å²) in [6.45, 7) is 5.92. The summed E-state index contributed by atoms with van der Waals surface area (Å²) in [5.74, 6) is 0.0781. The smallest absolute Gasteiger partial charge is 0.224 e. The van der Waals surface area contributed by atoms with Crippen molar-refractivity contribution in [3.8, 4) is 0 Å². The molecule has 0 fully saturated rings. The molecular formula is C12H16NO. The molecule has 14 heavy (non-hydrogen) atoms. The third kappa shape index (κ3) is 3.21. The Labute approximate surface area is 85.3 Å². The predicted molar refractivity (Wildman–Crippen MR) is 57.0 cm³/mol. The molecule has 1 aromatic carbocycles. The highest BCUT2D eigenvalue weighted by Crippen LogP contribution is 2.06. The lowest BCUT2D eigenvalue weighted by molar-refractivity contribution is -0.120. The van der Waals surface area contributed by atoms with E-state index in [1.54, 1.807) is 0 Å². The van der Waals surface area contributed by atoms with E-state index in [2.05, 4.69) is 11.4 Å². The second-order valence-corrected chi connectivity index (χ2v) is 3.75. The van der Waals surface area contributed by atoms with Gasteiger partial charge in [-0.25, -0.2) is 0 Å². The van der Waals surface area contributed by atoms with E-state index >= 15 is 0 Å². The highest BCUT2D eigenvalue weighted by Gasteiger charge is 2.05. The number of aryl methyl sites for hydroxylation is 1. The molecule has 0 unspecified atom stereocenters. The van der Waals surface area contributed by atoms with Crippen molar-refractivity contribution >= 4 is 5.91 Å². The van der Waals surface area contributed by atoms with Crippen molar-refractivity contribution in [1.29, 1.82) is 0 Å². The maximum atomic E-state index is 11.5. The van der Waals surface area contributed by atoms with Gasteiger partial charge in [0.25, 0.3) is 0 Å². The fourth-order valence-corrected chi connectivity index (χ4v) is 1.29. The first-order chi connectivity index (χ1) is 6.59. The van der Waals surface area contributed by atoms with Gasteiger partial charge in [0.1, 0.15) is 0 Å². The van der Waals surface area contributed by atoms with Crippen LogP contribution in [0.3, 0.4) is 0 Å². The third-order valence-electron chi connectivity index (χ3n) is 1.99. The minimum atomic E-state index is 0.0781. The fraction of sp³-hybridized carbons (Fsp3) is 0.417. The van der Waals surface area contributed by atoms with Gasteiger partial charge in [-0.3, -0.25) is 4.79 Å². The number of carbonyl (C=O) groups is 1. The lowest BCUT2D eigenvalue weighted by atomic mass is 10.1. The van der Waals surface area contributed by atoms with E-state index in [9.17, 15) is 4.79 Å². The van der Waals surface area contributed by atoms with Gasteiger partial charge in [0, 0.05) is 6.04 Å². The first kappa shape index (κ1) is 10.8. The molecule has 0 saturated carbocycles. The summed E-state index contributed by atoms with van der Waals surface area (Å²) in [4.78, 5) is 11.5. The van der Waals surface area contributed by atoms with Crippen molar-refractivity contribution in [1.82, 2.24) is 5.32 Å². The van der Waals surface area contributed by atoms with Crippen molar-refractivity contribution in [2.45, 2.75) is 33.2 Å². The van der Waals surface area contributed by atoms with Gasteiger partial charge in [0.15, 0.2) is 0 Å². The number of rotatable bonds is 3. The molecule has 0 aliphatic carbocycles. The average Bonchev–Trinajstić information content (AvgIpc) is 2.07. The van der Waals surface area contributed by atoms with Crippen LogP contribution in [0.25, 0.3) is 0 Å². The molecule has 2 heteroatoms. The second-order valence-electron chi connectivity index (χ2n) is 3.75. The van der Waals surface area contributed by atoms with Crippen molar-refractivity contribution in [3.63, 3.8) is 0 Å². The Bertz CT molecular complexity index is 318. The number of hydrogen-bond acceptors (Lipinski definition) is 1. The molecule has 0 aliphatic heterocycles. The Morgan fingerprint density at radius 1 is 1.57 bits per heavy atom. The standard InChI is InChI=1S/C12H16NO/c1-9(2)13-12(14)8-11-7-5-4-6-10(11)3/h5-7,9H,8H2,1-3H3,(H,13,14). The molecule has 1 aromatic rings. The second kappa shape index (κ2) is 4.80. The number of nitrogens with one attached hydrogen (secondary N) is 1. The van der Waals surface area contributed by atoms with Gasteiger partial charge in [0.05, 0.1) is 6.42 Å². The molecule has 75 valence electrons. The Kier molecular flexibility index (Phi) is 3.69.